The summed E-state index contributed by atoms with van der Waals surface area (Å²) in [4.78, 5) is 0.422. The highest BCUT2D eigenvalue weighted by molar-refractivity contribution is 7.91. The van der Waals surface area contributed by atoms with E-state index in [1.165, 1.54) is 0 Å². The normalized spacial score (nSPS) is 12.1. The summed E-state index contributed by atoms with van der Waals surface area (Å²) in [5.74, 6) is 5.58. The van der Waals surface area contributed by atoms with Crippen molar-refractivity contribution in [3.05, 3.63) is 96.1 Å². The fourth-order valence-corrected chi connectivity index (χ4v) is 4.00. The van der Waals surface area contributed by atoms with E-state index in [-0.39, 0.29) is 9.79 Å². The lowest BCUT2D eigenvalue weighted by molar-refractivity contribution is 0.596. The molecule has 0 saturated carbocycles. The van der Waals surface area contributed by atoms with Gasteiger partial charge < -0.3 is 5.84 Å². The molecule has 0 aromatic heterocycles. The molecule has 3 aromatic carbocycles. The van der Waals surface area contributed by atoms with Crippen LogP contribution in [0, 0.1) is 0 Å². The van der Waals surface area contributed by atoms with Gasteiger partial charge in [0.15, 0.2) is 0 Å². The SMILES string of the molecule is NN=C(c1ccccc1)c1ccccc1S(=O)(=O)c1ccccc1. The van der Waals surface area contributed by atoms with Crippen molar-refractivity contribution in [2.45, 2.75) is 9.79 Å². The van der Waals surface area contributed by atoms with Crippen molar-refractivity contribution in [3.8, 4) is 0 Å². The molecule has 0 atom stereocenters. The summed E-state index contributed by atoms with van der Waals surface area (Å²) in [7, 11) is -3.67. The van der Waals surface area contributed by atoms with Crippen LogP contribution in [-0.2, 0) is 9.84 Å². The number of rotatable bonds is 4. The Morgan fingerprint density at radius 3 is 1.92 bits per heavy atom. The Kier molecular flexibility index (Phi) is 4.44. The van der Waals surface area contributed by atoms with Gasteiger partial charge >= 0.3 is 0 Å². The third-order valence-corrected chi connectivity index (χ3v) is 5.49. The zero-order valence-corrected chi connectivity index (χ0v) is 13.6. The molecule has 0 heterocycles. The molecule has 3 aromatic rings. The quantitative estimate of drug-likeness (QED) is 0.452. The summed E-state index contributed by atoms with van der Waals surface area (Å²) in [5, 5.41) is 3.85. The van der Waals surface area contributed by atoms with Crippen LogP contribution in [-0.4, -0.2) is 14.1 Å². The van der Waals surface area contributed by atoms with E-state index < -0.39 is 9.84 Å². The Bertz CT molecular complexity index is 967. The molecule has 0 saturated heterocycles. The third-order valence-electron chi connectivity index (χ3n) is 3.66. The second-order valence-corrected chi connectivity index (χ2v) is 7.07. The van der Waals surface area contributed by atoms with Crippen LogP contribution in [0.4, 0.5) is 0 Å². The maximum atomic E-state index is 13.0. The molecule has 0 aliphatic heterocycles. The highest BCUT2D eigenvalue weighted by Crippen LogP contribution is 2.26. The number of benzene rings is 3. The van der Waals surface area contributed by atoms with E-state index >= 15 is 0 Å². The standard InChI is InChI=1S/C19H16N2O2S/c20-21-19(15-9-3-1-4-10-15)17-13-7-8-14-18(17)24(22,23)16-11-5-2-6-12-16/h1-14H,20H2. The van der Waals surface area contributed by atoms with Gasteiger partial charge in [-0.2, -0.15) is 5.10 Å². The van der Waals surface area contributed by atoms with E-state index in [1.54, 1.807) is 54.6 Å². The molecule has 0 radical (unpaired) electrons. The number of nitrogens with two attached hydrogens (primary N) is 1. The fourth-order valence-electron chi connectivity index (χ4n) is 2.52. The van der Waals surface area contributed by atoms with Crippen LogP contribution in [0.2, 0.25) is 0 Å². The lowest BCUT2D eigenvalue weighted by Gasteiger charge is -2.12. The lowest BCUT2D eigenvalue weighted by Crippen LogP contribution is -2.13. The van der Waals surface area contributed by atoms with Crippen molar-refractivity contribution in [2.24, 2.45) is 10.9 Å². The van der Waals surface area contributed by atoms with Gasteiger partial charge in [-0.1, -0.05) is 66.7 Å². The molecular formula is C19H16N2O2S. The molecule has 0 aliphatic carbocycles. The molecular weight excluding hydrogens is 320 g/mol. The van der Waals surface area contributed by atoms with Gasteiger partial charge in [-0.15, -0.1) is 0 Å². The molecule has 0 unspecified atom stereocenters. The summed E-state index contributed by atoms with van der Waals surface area (Å²) in [6, 6.07) is 24.4. The van der Waals surface area contributed by atoms with Crippen molar-refractivity contribution >= 4 is 15.5 Å². The van der Waals surface area contributed by atoms with Gasteiger partial charge in [-0.05, 0) is 18.2 Å². The van der Waals surface area contributed by atoms with Crippen LogP contribution in [0.1, 0.15) is 11.1 Å². The molecule has 5 heteroatoms. The maximum Gasteiger partial charge on any atom is 0.207 e. The Labute approximate surface area is 141 Å². The van der Waals surface area contributed by atoms with Crippen LogP contribution in [0.15, 0.2) is 99.8 Å². The first-order chi connectivity index (χ1) is 11.6. The number of hydrazone groups is 1. The van der Waals surface area contributed by atoms with Crippen molar-refractivity contribution in [1.82, 2.24) is 0 Å². The highest BCUT2D eigenvalue weighted by atomic mass is 32.2. The maximum absolute atomic E-state index is 13.0. The van der Waals surface area contributed by atoms with Crippen LogP contribution in [0.5, 0.6) is 0 Å². The van der Waals surface area contributed by atoms with Gasteiger partial charge in [0.1, 0.15) is 0 Å². The van der Waals surface area contributed by atoms with E-state index in [0.29, 0.717) is 11.3 Å². The monoisotopic (exact) mass is 336 g/mol. The predicted octanol–water partition coefficient (Wildman–Crippen LogP) is 3.23. The largest absolute Gasteiger partial charge is 0.323 e. The van der Waals surface area contributed by atoms with Crippen LogP contribution in [0.3, 0.4) is 0 Å². The molecule has 3 rings (SSSR count). The van der Waals surface area contributed by atoms with E-state index in [4.69, 9.17) is 5.84 Å². The minimum atomic E-state index is -3.67. The smallest absolute Gasteiger partial charge is 0.207 e. The first kappa shape index (κ1) is 16.0. The fraction of sp³-hybridized carbons (Fsp3) is 0. The second kappa shape index (κ2) is 6.68. The Morgan fingerprint density at radius 1 is 0.750 bits per heavy atom. The zero-order chi connectivity index (χ0) is 17.0. The number of hydrogen-bond donors (Lipinski definition) is 1. The van der Waals surface area contributed by atoms with Gasteiger partial charge in [0, 0.05) is 11.1 Å². The Balaban J connectivity index is 2.20. The minimum Gasteiger partial charge on any atom is -0.323 e. The summed E-state index contributed by atoms with van der Waals surface area (Å²) in [6.45, 7) is 0. The van der Waals surface area contributed by atoms with E-state index in [2.05, 4.69) is 5.10 Å². The Morgan fingerprint density at radius 2 is 1.29 bits per heavy atom. The Hall–Kier alpha value is -2.92. The van der Waals surface area contributed by atoms with Gasteiger partial charge in [0.05, 0.1) is 15.5 Å². The van der Waals surface area contributed by atoms with Crippen molar-refractivity contribution in [3.63, 3.8) is 0 Å². The van der Waals surface area contributed by atoms with Gasteiger partial charge in [0.25, 0.3) is 0 Å². The average molecular weight is 336 g/mol. The molecule has 2 N–H and O–H groups in total. The van der Waals surface area contributed by atoms with Crippen molar-refractivity contribution in [1.29, 1.82) is 0 Å². The van der Waals surface area contributed by atoms with Gasteiger partial charge in [-0.3, -0.25) is 0 Å². The third kappa shape index (κ3) is 2.94. The van der Waals surface area contributed by atoms with Crippen LogP contribution >= 0.6 is 0 Å². The highest BCUT2D eigenvalue weighted by Gasteiger charge is 2.23. The average Bonchev–Trinajstić information content (AvgIpc) is 2.64. The molecule has 0 bridgehead atoms. The summed E-state index contributed by atoms with van der Waals surface area (Å²) in [6.07, 6.45) is 0. The summed E-state index contributed by atoms with van der Waals surface area (Å²) >= 11 is 0. The molecule has 4 nitrogen and oxygen atoms in total. The summed E-state index contributed by atoms with van der Waals surface area (Å²) in [5.41, 5.74) is 1.68. The predicted molar refractivity (Wildman–Crippen MR) is 94.6 cm³/mol. The summed E-state index contributed by atoms with van der Waals surface area (Å²) < 4.78 is 26.0. The molecule has 24 heavy (non-hydrogen) atoms. The number of hydrogen-bond acceptors (Lipinski definition) is 4. The van der Waals surface area contributed by atoms with E-state index in [0.717, 1.165) is 5.56 Å². The minimum absolute atomic E-state index is 0.184. The molecule has 0 spiro atoms. The van der Waals surface area contributed by atoms with Crippen LogP contribution < -0.4 is 5.84 Å². The van der Waals surface area contributed by atoms with E-state index in [9.17, 15) is 8.42 Å². The number of nitrogens with zero attached hydrogens (tertiary/aromatic N) is 1. The molecule has 0 fully saturated rings. The first-order valence-electron chi connectivity index (χ1n) is 7.37. The topological polar surface area (TPSA) is 72.5 Å². The lowest BCUT2D eigenvalue weighted by atomic mass is 10.0. The zero-order valence-electron chi connectivity index (χ0n) is 12.8. The van der Waals surface area contributed by atoms with Crippen molar-refractivity contribution < 1.29 is 8.42 Å². The van der Waals surface area contributed by atoms with Gasteiger partial charge in [0.2, 0.25) is 9.84 Å². The van der Waals surface area contributed by atoms with E-state index in [1.807, 2.05) is 30.3 Å². The first-order valence-corrected chi connectivity index (χ1v) is 8.86. The molecule has 0 amide bonds. The van der Waals surface area contributed by atoms with Gasteiger partial charge in [-0.25, -0.2) is 8.42 Å². The number of sulfone groups is 1. The molecule has 120 valence electrons. The van der Waals surface area contributed by atoms with Crippen LogP contribution in [0.25, 0.3) is 0 Å². The molecule has 0 aliphatic rings. The van der Waals surface area contributed by atoms with Crippen molar-refractivity contribution in [2.75, 3.05) is 0 Å². The second-order valence-electron chi connectivity index (χ2n) is 5.16.